The third-order valence-corrected chi connectivity index (χ3v) is 6.38. The quantitative estimate of drug-likeness (QED) is 0.610. The Labute approximate surface area is 162 Å². The number of carbonyl (C=O) groups excluding carboxylic acids is 1. The summed E-state index contributed by atoms with van der Waals surface area (Å²) in [5, 5.41) is 2.89. The summed E-state index contributed by atoms with van der Waals surface area (Å²) in [5.41, 5.74) is 0. The van der Waals surface area contributed by atoms with Gasteiger partial charge in [0.05, 0.1) is 17.4 Å². The summed E-state index contributed by atoms with van der Waals surface area (Å²) >= 11 is 0. The van der Waals surface area contributed by atoms with E-state index in [0.29, 0.717) is 51.5 Å². The van der Waals surface area contributed by atoms with E-state index in [1.165, 1.54) is 4.31 Å². The molecule has 0 bridgehead atoms. The van der Waals surface area contributed by atoms with Crippen molar-refractivity contribution in [3.63, 3.8) is 0 Å². The lowest BCUT2D eigenvalue weighted by Gasteiger charge is -2.31. The minimum absolute atomic E-state index is 0.0851. The molecular weight excluding hydrogens is 368 g/mol. The van der Waals surface area contributed by atoms with Crippen LogP contribution < -0.4 is 10.1 Å². The highest BCUT2D eigenvalue weighted by Gasteiger charge is 2.33. The second kappa shape index (κ2) is 10.6. The van der Waals surface area contributed by atoms with Gasteiger partial charge >= 0.3 is 0 Å². The molecule has 152 valence electrons. The van der Waals surface area contributed by atoms with Crippen molar-refractivity contribution in [3.05, 3.63) is 24.3 Å². The Morgan fingerprint density at radius 2 is 1.96 bits per heavy atom. The van der Waals surface area contributed by atoms with Gasteiger partial charge in [0.2, 0.25) is 15.9 Å². The molecule has 1 aromatic rings. The number of amides is 1. The topological polar surface area (TPSA) is 84.9 Å². The summed E-state index contributed by atoms with van der Waals surface area (Å²) in [4.78, 5) is 12.6. The molecule has 1 aromatic carbocycles. The van der Waals surface area contributed by atoms with Gasteiger partial charge in [-0.3, -0.25) is 4.79 Å². The molecule has 0 aromatic heterocycles. The summed E-state index contributed by atoms with van der Waals surface area (Å²) < 4.78 is 37.8. The lowest BCUT2D eigenvalue weighted by Crippen LogP contribution is -2.45. The Hall–Kier alpha value is -1.64. The second-order valence-electron chi connectivity index (χ2n) is 6.45. The molecule has 0 saturated carbocycles. The van der Waals surface area contributed by atoms with Crippen LogP contribution in [0.3, 0.4) is 0 Å². The van der Waals surface area contributed by atoms with Crippen LogP contribution in [0, 0.1) is 5.92 Å². The highest BCUT2D eigenvalue weighted by Crippen LogP contribution is 2.25. The van der Waals surface area contributed by atoms with E-state index >= 15 is 0 Å². The first-order valence-electron chi connectivity index (χ1n) is 9.57. The van der Waals surface area contributed by atoms with Crippen LogP contribution in [-0.2, 0) is 19.6 Å². The van der Waals surface area contributed by atoms with Gasteiger partial charge in [0.15, 0.2) is 0 Å². The molecule has 1 aliphatic rings. The number of rotatable bonds is 10. The van der Waals surface area contributed by atoms with Gasteiger partial charge in [-0.15, -0.1) is 0 Å². The van der Waals surface area contributed by atoms with Crippen LogP contribution in [-0.4, -0.2) is 58.1 Å². The number of sulfonamides is 1. The van der Waals surface area contributed by atoms with Gasteiger partial charge < -0.3 is 14.8 Å². The maximum Gasteiger partial charge on any atom is 0.243 e. The summed E-state index contributed by atoms with van der Waals surface area (Å²) in [6, 6.07) is 6.42. The van der Waals surface area contributed by atoms with Crippen LogP contribution >= 0.6 is 0 Å². The molecule has 1 N–H and O–H groups in total. The van der Waals surface area contributed by atoms with Crippen molar-refractivity contribution >= 4 is 15.9 Å². The maximum atomic E-state index is 12.9. The molecular formula is C19H30N2O5S. The number of carbonyl (C=O) groups is 1. The first-order valence-corrected chi connectivity index (χ1v) is 11.0. The average molecular weight is 399 g/mol. The van der Waals surface area contributed by atoms with Crippen molar-refractivity contribution in [2.75, 3.05) is 39.5 Å². The standard InChI is InChI=1S/C19H30N2O5S/c1-3-25-14-6-12-20-19(22)16-7-5-13-21(15-16)27(23,24)18-10-8-17(9-11-18)26-4-2/h8-11,16H,3-7,12-15H2,1-2H3,(H,20,22)/t16-/m1/s1. The molecule has 1 fully saturated rings. The van der Waals surface area contributed by atoms with E-state index in [4.69, 9.17) is 9.47 Å². The first-order chi connectivity index (χ1) is 13.0. The van der Waals surface area contributed by atoms with Gasteiger partial charge in [0, 0.05) is 32.8 Å². The largest absolute Gasteiger partial charge is 0.494 e. The fourth-order valence-corrected chi connectivity index (χ4v) is 4.60. The lowest BCUT2D eigenvalue weighted by atomic mass is 9.99. The van der Waals surface area contributed by atoms with E-state index in [2.05, 4.69) is 5.32 Å². The highest BCUT2D eigenvalue weighted by atomic mass is 32.2. The van der Waals surface area contributed by atoms with Crippen molar-refractivity contribution in [1.82, 2.24) is 9.62 Å². The van der Waals surface area contributed by atoms with E-state index in [1.54, 1.807) is 24.3 Å². The van der Waals surface area contributed by atoms with Gasteiger partial charge in [-0.25, -0.2) is 8.42 Å². The van der Waals surface area contributed by atoms with Crippen LogP contribution in [0.2, 0.25) is 0 Å². The molecule has 1 heterocycles. The van der Waals surface area contributed by atoms with Crippen LogP contribution in [0.25, 0.3) is 0 Å². The predicted molar refractivity (Wildman–Crippen MR) is 103 cm³/mol. The van der Waals surface area contributed by atoms with Crippen molar-refractivity contribution in [2.45, 2.75) is 38.0 Å². The van der Waals surface area contributed by atoms with Crippen molar-refractivity contribution in [1.29, 1.82) is 0 Å². The third-order valence-electron chi connectivity index (χ3n) is 4.50. The van der Waals surface area contributed by atoms with Crippen LogP contribution in [0.4, 0.5) is 0 Å². The smallest absolute Gasteiger partial charge is 0.243 e. The molecule has 0 spiro atoms. The molecule has 1 atom stereocenters. The Balaban J connectivity index is 1.94. The average Bonchev–Trinajstić information content (AvgIpc) is 2.68. The number of hydrogen-bond acceptors (Lipinski definition) is 5. The lowest BCUT2D eigenvalue weighted by molar-refractivity contribution is -0.126. The van der Waals surface area contributed by atoms with Gasteiger partial charge in [0.25, 0.3) is 0 Å². The molecule has 0 aliphatic carbocycles. The maximum absolute atomic E-state index is 12.9. The Bertz CT molecular complexity index is 691. The van der Waals surface area contributed by atoms with Gasteiger partial charge in [0.1, 0.15) is 5.75 Å². The fourth-order valence-electron chi connectivity index (χ4n) is 3.07. The van der Waals surface area contributed by atoms with Gasteiger partial charge in [-0.2, -0.15) is 4.31 Å². The molecule has 0 unspecified atom stereocenters. The van der Waals surface area contributed by atoms with E-state index < -0.39 is 10.0 Å². The Morgan fingerprint density at radius 3 is 2.63 bits per heavy atom. The number of benzene rings is 1. The molecule has 1 saturated heterocycles. The number of nitrogens with one attached hydrogen (secondary N) is 1. The van der Waals surface area contributed by atoms with Crippen LogP contribution in [0.1, 0.15) is 33.1 Å². The fraction of sp³-hybridized carbons (Fsp3) is 0.632. The number of nitrogens with zero attached hydrogens (tertiary/aromatic N) is 1. The number of piperidine rings is 1. The molecule has 1 amide bonds. The van der Waals surface area contributed by atoms with Crippen molar-refractivity contribution in [2.24, 2.45) is 5.92 Å². The molecule has 27 heavy (non-hydrogen) atoms. The molecule has 0 radical (unpaired) electrons. The summed E-state index contributed by atoms with van der Waals surface area (Å²) in [5.74, 6) is 0.237. The van der Waals surface area contributed by atoms with E-state index in [1.807, 2.05) is 13.8 Å². The van der Waals surface area contributed by atoms with Gasteiger partial charge in [-0.05, 0) is 57.4 Å². The van der Waals surface area contributed by atoms with Crippen molar-refractivity contribution in [3.8, 4) is 5.75 Å². The number of hydrogen-bond donors (Lipinski definition) is 1. The van der Waals surface area contributed by atoms with Crippen molar-refractivity contribution < 1.29 is 22.7 Å². The number of ether oxygens (including phenoxy) is 2. The van der Waals surface area contributed by atoms with E-state index in [0.717, 1.165) is 6.42 Å². The van der Waals surface area contributed by atoms with E-state index in [-0.39, 0.29) is 23.3 Å². The first kappa shape index (κ1) is 21.7. The zero-order valence-electron chi connectivity index (χ0n) is 16.1. The zero-order valence-corrected chi connectivity index (χ0v) is 17.0. The minimum atomic E-state index is -3.61. The predicted octanol–water partition coefficient (Wildman–Crippen LogP) is 2.03. The van der Waals surface area contributed by atoms with Crippen LogP contribution in [0.15, 0.2) is 29.2 Å². The van der Waals surface area contributed by atoms with Gasteiger partial charge in [-0.1, -0.05) is 0 Å². The minimum Gasteiger partial charge on any atom is -0.494 e. The third kappa shape index (κ3) is 6.19. The van der Waals surface area contributed by atoms with Crippen LogP contribution in [0.5, 0.6) is 5.75 Å². The normalized spacial score (nSPS) is 18.2. The van der Waals surface area contributed by atoms with E-state index in [9.17, 15) is 13.2 Å². The molecule has 8 heteroatoms. The summed E-state index contributed by atoms with van der Waals surface area (Å²) in [6.45, 7) is 6.80. The Kier molecular flexibility index (Phi) is 8.53. The molecule has 1 aliphatic heterocycles. The molecule has 7 nitrogen and oxygen atoms in total. The zero-order chi connectivity index (χ0) is 19.7. The highest BCUT2D eigenvalue weighted by molar-refractivity contribution is 7.89. The monoisotopic (exact) mass is 398 g/mol. The second-order valence-corrected chi connectivity index (χ2v) is 8.39. The summed E-state index contributed by atoms with van der Waals surface area (Å²) in [7, 11) is -3.61. The SMILES string of the molecule is CCOCCCNC(=O)[C@@H]1CCCN(S(=O)(=O)c2ccc(OCC)cc2)C1. The Morgan fingerprint density at radius 1 is 1.22 bits per heavy atom. The summed E-state index contributed by atoms with van der Waals surface area (Å²) in [6.07, 6.45) is 2.13. The molecule has 2 rings (SSSR count).